The number of aromatic nitrogens is 2. The molecule has 1 aromatic heterocycles. The number of hydrogen-bond donors (Lipinski definition) is 0. The Balaban J connectivity index is 2.43. The summed E-state index contributed by atoms with van der Waals surface area (Å²) in [6.45, 7) is -0.0568. The normalized spacial score (nSPS) is 10.5. The van der Waals surface area contributed by atoms with Crippen LogP contribution in [0.5, 0.6) is 5.75 Å². The van der Waals surface area contributed by atoms with Crippen LogP contribution in [-0.2, 0) is 6.54 Å². The maximum absolute atomic E-state index is 13.9. The maximum Gasteiger partial charge on any atom is 0.287 e. The molecule has 7 heteroatoms. The second-order valence-electron chi connectivity index (χ2n) is 3.70. The third-order valence-electron chi connectivity index (χ3n) is 2.53. The van der Waals surface area contributed by atoms with Gasteiger partial charge in [-0.25, -0.2) is 9.07 Å². The summed E-state index contributed by atoms with van der Waals surface area (Å²) in [4.78, 5) is 11.8. The van der Waals surface area contributed by atoms with E-state index in [1.807, 2.05) is 0 Å². The van der Waals surface area contributed by atoms with Crippen LogP contribution in [0.15, 0.2) is 29.2 Å². The summed E-state index contributed by atoms with van der Waals surface area (Å²) in [6.07, 6.45) is 1.24. The number of halogens is 3. The van der Waals surface area contributed by atoms with Crippen molar-refractivity contribution in [1.82, 2.24) is 9.78 Å². The summed E-state index contributed by atoms with van der Waals surface area (Å²) >= 11 is 11.4. The van der Waals surface area contributed by atoms with Crippen molar-refractivity contribution < 1.29 is 9.13 Å². The first kappa shape index (κ1) is 13.8. The van der Waals surface area contributed by atoms with Crippen molar-refractivity contribution in [3.63, 3.8) is 0 Å². The van der Waals surface area contributed by atoms with Crippen molar-refractivity contribution in [1.29, 1.82) is 0 Å². The first-order valence-corrected chi connectivity index (χ1v) is 6.02. The quantitative estimate of drug-likeness (QED) is 0.875. The van der Waals surface area contributed by atoms with Gasteiger partial charge in [0.05, 0.1) is 24.9 Å². The molecule has 0 saturated heterocycles. The predicted octanol–water partition coefficient (Wildman–Crippen LogP) is 2.75. The van der Waals surface area contributed by atoms with Crippen molar-refractivity contribution in [3.8, 4) is 5.75 Å². The van der Waals surface area contributed by atoms with Gasteiger partial charge in [0.1, 0.15) is 5.02 Å². The number of methoxy groups -OCH3 is 1. The van der Waals surface area contributed by atoms with Gasteiger partial charge in [0.25, 0.3) is 5.56 Å². The summed E-state index contributed by atoms with van der Waals surface area (Å²) in [7, 11) is 1.37. The molecule has 0 N–H and O–H groups in total. The van der Waals surface area contributed by atoms with Crippen molar-refractivity contribution in [2.24, 2.45) is 0 Å². The molecule has 1 aromatic carbocycles. The fourth-order valence-corrected chi connectivity index (χ4v) is 1.83. The Morgan fingerprint density at radius 3 is 2.84 bits per heavy atom. The monoisotopic (exact) mass is 302 g/mol. The Hall–Kier alpha value is -1.59. The molecule has 0 radical (unpaired) electrons. The lowest BCUT2D eigenvalue weighted by Gasteiger charge is -2.09. The molecule has 0 fully saturated rings. The summed E-state index contributed by atoms with van der Waals surface area (Å²) < 4.78 is 19.8. The summed E-state index contributed by atoms with van der Waals surface area (Å²) in [5.74, 6) is -0.435. The Morgan fingerprint density at radius 1 is 1.42 bits per heavy atom. The number of rotatable bonds is 3. The van der Waals surface area contributed by atoms with Gasteiger partial charge in [-0.3, -0.25) is 4.79 Å². The molecule has 2 rings (SSSR count). The summed E-state index contributed by atoms with van der Waals surface area (Å²) in [5.41, 5.74) is -0.302. The van der Waals surface area contributed by atoms with Gasteiger partial charge in [0.2, 0.25) is 0 Å². The van der Waals surface area contributed by atoms with E-state index in [0.29, 0.717) is 0 Å². The van der Waals surface area contributed by atoms with Gasteiger partial charge in [0, 0.05) is 5.56 Å². The minimum Gasteiger partial charge on any atom is -0.494 e. The molecule has 0 saturated carbocycles. The SMILES string of the molecule is COc1cccc(Cn2ncc(Cl)c(Cl)c2=O)c1F. The smallest absolute Gasteiger partial charge is 0.287 e. The molecule has 4 nitrogen and oxygen atoms in total. The number of nitrogens with zero attached hydrogens (tertiary/aromatic N) is 2. The van der Waals surface area contributed by atoms with E-state index >= 15 is 0 Å². The van der Waals surface area contributed by atoms with Crippen LogP contribution in [0.25, 0.3) is 0 Å². The molecule has 0 amide bonds. The molecule has 0 aliphatic heterocycles. The van der Waals surface area contributed by atoms with Crippen molar-refractivity contribution >= 4 is 23.2 Å². The zero-order chi connectivity index (χ0) is 14.0. The fraction of sp³-hybridized carbons (Fsp3) is 0.167. The molecule has 100 valence electrons. The first-order chi connectivity index (χ1) is 9.04. The molecule has 19 heavy (non-hydrogen) atoms. The first-order valence-electron chi connectivity index (χ1n) is 5.27. The third kappa shape index (κ3) is 2.72. The summed E-state index contributed by atoms with van der Waals surface area (Å²) in [5, 5.41) is 3.74. The van der Waals surface area contributed by atoms with Crippen LogP contribution < -0.4 is 10.3 Å². The van der Waals surface area contributed by atoms with Gasteiger partial charge in [-0.2, -0.15) is 5.10 Å². The van der Waals surface area contributed by atoms with Crippen LogP contribution in [-0.4, -0.2) is 16.9 Å². The number of benzene rings is 1. The summed E-state index contributed by atoms with van der Waals surface area (Å²) in [6, 6.07) is 4.65. The largest absolute Gasteiger partial charge is 0.494 e. The molecular formula is C12H9Cl2FN2O2. The number of hydrogen-bond acceptors (Lipinski definition) is 3. The Morgan fingerprint density at radius 2 is 2.16 bits per heavy atom. The third-order valence-corrected chi connectivity index (χ3v) is 3.27. The molecule has 0 unspecified atom stereocenters. The second-order valence-corrected chi connectivity index (χ2v) is 4.49. The highest BCUT2D eigenvalue weighted by molar-refractivity contribution is 6.41. The molecular weight excluding hydrogens is 294 g/mol. The van der Waals surface area contributed by atoms with Gasteiger partial charge in [0.15, 0.2) is 11.6 Å². The van der Waals surface area contributed by atoms with Crippen LogP contribution in [0.2, 0.25) is 10.0 Å². The van der Waals surface area contributed by atoms with E-state index in [1.165, 1.54) is 25.4 Å². The van der Waals surface area contributed by atoms with E-state index < -0.39 is 11.4 Å². The van der Waals surface area contributed by atoms with Crippen LogP contribution >= 0.6 is 23.2 Å². The van der Waals surface area contributed by atoms with E-state index in [0.717, 1.165) is 4.68 Å². The van der Waals surface area contributed by atoms with Gasteiger partial charge in [-0.1, -0.05) is 35.3 Å². The lowest BCUT2D eigenvalue weighted by Crippen LogP contribution is -2.24. The lowest BCUT2D eigenvalue weighted by atomic mass is 10.2. The van der Waals surface area contributed by atoms with Crippen LogP contribution in [0.3, 0.4) is 0 Å². The average molecular weight is 303 g/mol. The van der Waals surface area contributed by atoms with Gasteiger partial charge >= 0.3 is 0 Å². The second kappa shape index (κ2) is 5.59. The average Bonchev–Trinajstić information content (AvgIpc) is 2.41. The molecule has 2 aromatic rings. The van der Waals surface area contributed by atoms with Crippen molar-refractivity contribution in [2.75, 3.05) is 7.11 Å². The van der Waals surface area contributed by atoms with E-state index in [-0.39, 0.29) is 27.9 Å². The van der Waals surface area contributed by atoms with Crippen molar-refractivity contribution in [3.05, 3.63) is 56.2 Å². The number of ether oxygens (including phenoxy) is 1. The zero-order valence-corrected chi connectivity index (χ0v) is 11.4. The minimum atomic E-state index is -0.573. The highest BCUT2D eigenvalue weighted by atomic mass is 35.5. The van der Waals surface area contributed by atoms with E-state index in [4.69, 9.17) is 27.9 Å². The maximum atomic E-state index is 13.9. The van der Waals surface area contributed by atoms with E-state index in [1.54, 1.807) is 6.07 Å². The molecule has 1 heterocycles. The van der Waals surface area contributed by atoms with Crippen molar-refractivity contribution in [2.45, 2.75) is 6.54 Å². The van der Waals surface area contributed by atoms with Gasteiger partial charge < -0.3 is 4.74 Å². The van der Waals surface area contributed by atoms with Gasteiger partial charge in [-0.05, 0) is 6.07 Å². The van der Waals surface area contributed by atoms with Gasteiger partial charge in [-0.15, -0.1) is 0 Å². The molecule has 0 spiro atoms. The Bertz CT molecular complexity index is 673. The predicted molar refractivity (Wildman–Crippen MR) is 70.6 cm³/mol. The molecule has 0 bridgehead atoms. The minimum absolute atomic E-state index is 0.0568. The van der Waals surface area contributed by atoms with Crippen LogP contribution in [0, 0.1) is 5.82 Å². The van der Waals surface area contributed by atoms with E-state index in [2.05, 4.69) is 5.10 Å². The Kier molecular flexibility index (Phi) is 4.07. The van der Waals surface area contributed by atoms with Crippen LogP contribution in [0.4, 0.5) is 4.39 Å². The van der Waals surface area contributed by atoms with Crippen LogP contribution in [0.1, 0.15) is 5.56 Å². The fourth-order valence-electron chi connectivity index (χ4n) is 1.55. The van der Waals surface area contributed by atoms with E-state index in [9.17, 15) is 9.18 Å². The molecule has 0 aliphatic rings. The standard InChI is InChI=1S/C12H9Cl2FN2O2/c1-19-9-4-2-3-7(11(9)15)6-17-12(18)10(14)8(13)5-16-17/h2-5H,6H2,1H3. The zero-order valence-electron chi connectivity index (χ0n) is 9.86. The highest BCUT2D eigenvalue weighted by Crippen LogP contribution is 2.21. The lowest BCUT2D eigenvalue weighted by molar-refractivity contribution is 0.383. The Labute approximate surface area is 118 Å². The molecule has 0 aliphatic carbocycles. The topological polar surface area (TPSA) is 44.1 Å². The highest BCUT2D eigenvalue weighted by Gasteiger charge is 2.12. The molecule has 0 atom stereocenters.